The Labute approximate surface area is 125 Å². The number of amides is 3. The number of nitrogens with one attached hydrogen (secondary N) is 3. The molecule has 0 unspecified atom stereocenters. The van der Waals surface area contributed by atoms with Gasteiger partial charge in [-0.2, -0.15) is 0 Å². The van der Waals surface area contributed by atoms with Crippen molar-refractivity contribution in [3.63, 3.8) is 0 Å². The summed E-state index contributed by atoms with van der Waals surface area (Å²) in [6.07, 6.45) is -0.746. The molecular formula is C13H15F2N3O4. The van der Waals surface area contributed by atoms with Crippen LogP contribution in [0.25, 0.3) is 0 Å². The Morgan fingerprint density at radius 2 is 1.73 bits per heavy atom. The first-order valence-electron chi connectivity index (χ1n) is 6.34. The maximum Gasteiger partial charge on any atom is 0.407 e. The van der Waals surface area contributed by atoms with Gasteiger partial charge in [-0.1, -0.05) is 0 Å². The first-order valence-corrected chi connectivity index (χ1v) is 6.34. The average molecular weight is 315 g/mol. The Bertz CT molecular complexity index is 566. The van der Waals surface area contributed by atoms with Crippen molar-refractivity contribution in [1.82, 2.24) is 10.6 Å². The summed E-state index contributed by atoms with van der Waals surface area (Å²) in [4.78, 5) is 33.8. The van der Waals surface area contributed by atoms with E-state index < -0.39 is 29.5 Å². The maximum absolute atomic E-state index is 12.9. The van der Waals surface area contributed by atoms with Crippen molar-refractivity contribution in [2.45, 2.75) is 6.92 Å². The number of anilines is 1. The third-order valence-electron chi connectivity index (χ3n) is 2.32. The topological polar surface area (TPSA) is 96.5 Å². The lowest BCUT2D eigenvalue weighted by atomic mass is 10.3. The first-order chi connectivity index (χ1) is 10.4. The van der Waals surface area contributed by atoms with Crippen molar-refractivity contribution >= 4 is 23.6 Å². The smallest absolute Gasteiger partial charge is 0.407 e. The van der Waals surface area contributed by atoms with Crippen LogP contribution in [0.2, 0.25) is 0 Å². The van der Waals surface area contributed by atoms with Crippen molar-refractivity contribution in [1.29, 1.82) is 0 Å². The van der Waals surface area contributed by atoms with E-state index >= 15 is 0 Å². The highest BCUT2D eigenvalue weighted by Gasteiger charge is 2.09. The minimum atomic E-state index is -1.10. The van der Waals surface area contributed by atoms with E-state index in [4.69, 9.17) is 0 Å². The Balaban J connectivity index is 2.31. The van der Waals surface area contributed by atoms with E-state index in [-0.39, 0.29) is 25.4 Å². The van der Waals surface area contributed by atoms with Crippen molar-refractivity contribution in [2.75, 3.05) is 25.0 Å². The van der Waals surface area contributed by atoms with Gasteiger partial charge < -0.3 is 20.7 Å². The maximum atomic E-state index is 12.9. The second-order valence-electron chi connectivity index (χ2n) is 4.03. The van der Waals surface area contributed by atoms with E-state index in [0.717, 1.165) is 12.1 Å². The molecule has 7 nitrogen and oxygen atoms in total. The number of hydrogen-bond donors (Lipinski definition) is 3. The molecule has 0 saturated heterocycles. The summed E-state index contributed by atoms with van der Waals surface area (Å²) < 4.78 is 30.2. The van der Waals surface area contributed by atoms with Crippen LogP contribution >= 0.6 is 0 Å². The highest BCUT2D eigenvalue weighted by atomic mass is 19.2. The van der Waals surface area contributed by atoms with Crippen LogP contribution in [-0.4, -0.2) is 37.6 Å². The highest BCUT2D eigenvalue weighted by Crippen LogP contribution is 2.12. The van der Waals surface area contributed by atoms with Gasteiger partial charge in [0.25, 0.3) is 0 Å². The van der Waals surface area contributed by atoms with Gasteiger partial charge in [-0.25, -0.2) is 13.6 Å². The number of alkyl carbamates (subject to hydrolysis) is 1. The predicted molar refractivity (Wildman–Crippen MR) is 73.0 cm³/mol. The standard InChI is InChI=1S/C13H15F2N3O4/c1-2-22-13(21)17-6-11(19)16-7-12(20)18-8-3-4-9(14)10(15)5-8/h3-5H,2,6-7H2,1H3,(H,16,19)(H,17,21)(H,18,20). The summed E-state index contributed by atoms with van der Waals surface area (Å²) in [6.45, 7) is 1.05. The number of hydrogen-bond acceptors (Lipinski definition) is 4. The zero-order chi connectivity index (χ0) is 16.5. The number of halogens is 2. The Morgan fingerprint density at radius 3 is 2.36 bits per heavy atom. The van der Waals surface area contributed by atoms with Gasteiger partial charge in [-0.3, -0.25) is 9.59 Å². The molecule has 3 N–H and O–H groups in total. The molecule has 3 amide bonds. The van der Waals surface area contributed by atoms with Gasteiger partial charge >= 0.3 is 6.09 Å². The Hall–Kier alpha value is -2.71. The molecule has 0 bridgehead atoms. The summed E-state index contributed by atoms with van der Waals surface area (Å²) >= 11 is 0. The van der Waals surface area contributed by atoms with E-state index in [0.29, 0.717) is 0 Å². The number of rotatable bonds is 6. The SMILES string of the molecule is CCOC(=O)NCC(=O)NCC(=O)Nc1ccc(F)c(F)c1. The van der Waals surface area contributed by atoms with Crippen LogP contribution in [0, 0.1) is 11.6 Å². The summed E-state index contributed by atoms with van der Waals surface area (Å²) in [5.74, 6) is -3.36. The lowest BCUT2D eigenvalue weighted by Gasteiger charge is -2.08. The average Bonchev–Trinajstić information content (AvgIpc) is 2.47. The molecular weight excluding hydrogens is 300 g/mol. The molecule has 120 valence electrons. The lowest BCUT2D eigenvalue weighted by Crippen LogP contribution is -2.40. The predicted octanol–water partition coefficient (Wildman–Crippen LogP) is 0.766. The van der Waals surface area contributed by atoms with Gasteiger partial charge in [-0.05, 0) is 19.1 Å². The highest BCUT2D eigenvalue weighted by molar-refractivity contribution is 5.95. The second-order valence-corrected chi connectivity index (χ2v) is 4.03. The number of carbonyl (C=O) groups excluding carboxylic acids is 3. The van der Waals surface area contributed by atoms with Gasteiger partial charge in [-0.15, -0.1) is 0 Å². The van der Waals surface area contributed by atoms with E-state index in [9.17, 15) is 23.2 Å². The number of carbonyl (C=O) groups is 3. The fourth-order valence-corrected chi connectivity index (χ4v) is 1.36. The number of ether oxygens (including phenoxy) is 1. The lowest BCUT2D eigenvalue weighted by molar-refractivity contribution is -0.123. The van der Waals surface area contributed by atoms with Crippen molar-refractivity contribution < 1.29 is 27.9 Å². The normalized spacial score (nSPS) is 9.77. The molecule has 0 aliphatic rings. The molecule has 0 aliphatic carbocycles. The molecule has 0 radical (unpaired) electrons. The summed E-state index contributed by atoms with van der Waals surface area (Å²) in [5.41, 5.74) is 0.0581. The third-order valence-corrected chi connectivity index (χ3v) is 2.32. The van der Waals surface area contributed by atoms with Crippen LogP contribution in [0.3, 0.4) is 0 Å². The number of benzene rings is 1. The monoisotopic (exact) mass is 315 g/mol. The Kier molecular flexibility index (Phi) is 6.74. The molecule has 1 aromatic carbocycles. The third kappa shape index (κ3) is 6.16. The second kappa shape index (κ2) is 8.55. The molecule has 22 heavy (non-hydrogen) atoms. The van der Waals surface area contributed by atoms with Gasteiger partial charge in [0.05, 0.1) is 13.2 Å². The molecule has 0 spiro atoms. The molecule has 1 rings (SSSR count). The zero-order valence-electron chi connectivity index (χ0n) is 11.7. The largest absolute Gasteiger partial charge is 0.450 e. The molecule has 0 fully saturated rings. The minimum Gasteiger partial charge on any atom is -0.450 e. The Morgan fingerprint density at radius 1 is 1.05 bits per heavy atom. The first kappa shape index (κ1) is 17.3. The summed E-state index contributed by atoms with van der Waals surface area (Å²) in [7, 11) is 0. The summed E-state index contributed by atoms with van der Waals surface area (Å²) in [6, 6.07) is 2.87. The van der Waals surface area contributed by atoms with Crippen LogP contribution in [-0.2, 0) is 14.3 Å². The van der Waals surface area contributed by atoms with Crippen molar-refractivity contribution in [3.8, 4) is 0 Å². The van der Waals surface area contributed by atoms with E-state index in [1.54, 1.807) is 6.92 Å². The fraction of sp³-hybridized carbons (Fsp3) is 0.308. The molecule has 9 heteroatoms. The van der Waals surface area contributed by atoms with Crippen LogP contribution in [0.4, 0.5) is 19.3 Å². The zero-order valence-corrected chi connectivity index (χ0v) is 11.7. The van der Waals surface area contributed by atoms with Crippen molar-refractivity contribution in [2.24, 2.45) is 0 Å². The molecule has 1 aromatic rings. The van der Waals surface area contributed by atoms with Crippen LogP contribution in [0.1, 0.15) is 6.92 Å². The van der Waals surface area contributed by atoms with Gasteiger partial charge in [0.15, 0.2) is 11.6 Å². The summed E-state index contributed by atoms with van der Waals surface area (Å²) in [5, 5.41) is 6.69. The van der Waals surface area contributed by atoms with Crippen LogP contribution in [0.15, 0.2) is 18.2 Å². The molecule has 0 heterocycles. The van der Waals surface area contributed by atoms with E-state index in [1.807, 2.05) is 0 Å². The molecule has 0 atom stereocenters. The van der Waals surface area contributed by atoms with Crippen LogP contribution < -0.4 is 16.0 Å². The van der Waals surface area contributed by atoms with Gasteiger partial charge in [0, 0.05) is 11.8 Å². The quantitative estimate of drug-likeness (QED) is 0.722. The van der Waals surface area contributed by atoms with Crippen molar-refractivity contribution in [3.05, 3.63) is 29.8 Å². The fourth-order valence-electron chi connectivity index (χ4n) is 1.36. The van der Waals surface area contributed by atoms with Gasteiger partial charge in [0.2, 0.25) is 11.8 Å². The van der Waals surface area contributed by atoms with Gasteiger partial charge in [0.1, 0.15) is 6.54 Å². The minimum absolute atomic E-state index is 0.0581. The van der Waals surface area contributed by atoms with Crippen LogP contribution in [0.5, 0.6) is 0 Å². The molecule has 0 saturated carbocycles. The molecule has 0 aromatic heterocycles. The van der Waals surface area contributed by atoms with E-state index in [1.165, 1.54) is 6.07 Å². The molecule has 0 aliphatic heterocycles. The van der Waals surface area contributed by atoms with E-state index in [2.05, 4.69) is 20.7 Å².